The number of aromatic nitrogens is 2. The second-order valence-electron chi connectivity index (χ2n) is 15.2. The maximum Gasteiger partial charge on any atom is 0.351 e. The van der Waals surface area contributed by atoms with Gasteiger partial charge in [0, 0.05) is 43.5 Å². The number of aryl methyl sites for hydroxylation is 4. The van der Waals surface area contributed by atoms with Crippen molar-refractivity contribution in [2.24, 2.45) is 0 Å². The summed E-state index contributed by atoms with van der Waals surface area (Å²) in [5.41, 5.74) is -1.08. The molecule has 0 amide bonds. The highest BCUT2D eigenvalue weighted by Gasteiger charge is 2.22. The van der Waals surface area contributed by atoms with Gasteiger partial charge in [0.05, 0.1) is 35.4 Å². The third-order valence-corrected chi connectivity index (χ3v) is 11.7. The lowest BCUT2D eigenvalue weighted by Gasteiger charge is -2.05. The fourth-order valence-electron chi connectivity index (χ4n) is 5.99. The molecule has 2 aromatic carbocycles. The Labute approximate surface area is 424 Å². The summed E-state index contributed by atoms with van der Waals surface area (Å²) in [7, 11) is 2.58. The molecule has 21 heteroatoms. The molecule has 0 atom stereocenters. The van der Waals surface area contributed by atoms with Crippen molar-refractivity contribution < 1.29 is 70.7 Å². The number of rotatable bonds is 20. The minimum absolute atomic E-state index is 0.121. The number of unbranched alkanes of at least 4 members (excludes halogenated alkanes) is 2. The zero-order chi connectivity index (χ0) is 53.6. The van der Waals surface area contributed by atoms with Gasteiger partial charge in [-0.15, -0.1) is 0 Å². The first-order chi connectivity index (χ1) is 34.8. The molecule has 0 saturated heterocycles. The second-order valence-corrected chi connectivity index (χ2v) is 17.2. The number of carbonyl (C=O) groups excluding carboxylic acids is 5. The van der Waals surface area contributed by atoms with Crippen LogP contribution in [0.4, 0.5) is 8.78 Å². The molecule has 6 rings (SSSR count). The Hall–Kier alpha value is -8.17. The van der Waals surface area contributed by atoms with Crippen LogP contribution in [0.5, 0.6) is 33.4 Å². The maximum absolute atomic E-state index is 13.1. The smallest absolute Gasteiger partial charge is 0.351 e. The van der Waals surface area contributed by atoms with E-state index in [0.717, 1.165) is 17.6 Å². The minimum Gasteiger partial charge on any atom is -0.507 e. The van der Waals surface area contributed by atoms with E-state index in [1.165, 1.54) is 105 Å². The highest BCUT2D eigenvalue weighted by atomic mass is 32.1. The number of aromatic hydroxyl groups is 2. The van der Waals surface area contributed by atoms with Crippen LogP contribution < -0.4 is 20.7 Å². The number of hydrogen-bond donors (Lipinski definition) is 2. The van der Waals surface area contributed by atoms with Crippen LogP contribution in [0, 0.1) is 25.5 Å². The number of benzene rings is 2. The molecule has 384 valence electrons. The fraction of sp³-hybridized carbons (Fsp3) is 0.250. The van der Waals surface area contributed by atoms with Crippen LogP contribution in [0.15, 0.2) is 109 Å². The van der Waals surface area contributed by atoms with E-state index in [-0.39, 0.29) is 40.7 Å². The van der Waals surface area contributed by atoms with Crippen LogP contribution in [-0.2, 0) is 31.9 Å². The third kappa shape index (κ3) is 18.2. The molecule has 0 bridgehead atoms. The molecule has 6 aromatic rings. The molecule has 0 spiro atoms. The Balaban J connectivity index is 0.000000263. The number of ether oxygens (including phenoxy) is 4. The van der Waals surface area contributed by atoms with Gasteiger partial charge in [0.1, 0.15) is 57.3 Å². The first-order valence-electron chi connectivity index (χ1n) is 22.1. The number of halogens is 2. The first-order valence-corrected chi connectivity index (χ1v) is 23.7. The molecule has 0 fully saturated rings. The summed E-state index contributed by atoms with van der Waals surface area (Å²) in [6.45, 7) is 6.58. The Morgan fingerprint density at radius 2 is 1.11 bits per heavy atom. The summed E-state index contributed by atoms with van der Waals surface area (Å²) in [5, 5.41) is 20.8. The van der Waals surface area contributed by atoms with Gasteiger partial charge in [-0.25, -0.2) is 37.9 Å². The first kappa shape index (κ1) is 57.4. The zero-order valence-corrected chi connectivity index (χ0v) is 42.0. The quantitative estimate of drug-likeness (QED) is 0.0237. The lowest BCUT2D eigenvalue weighted by molar-refractivity contribution is -0.135. The van der Waals surface area contributed by atoms with E-state index in [0.29, 0.717) is 87.3 Å². The molecule has 73 heavy (non-hydrogen) atoms. The molecule has 0 aliphatic heterocycles. The lowest BCUT2D eigenvalue weighted by Crippen LogP contribution is -2.16. The number of allylic oxidation sites excluding steroid dienone is 3. The van der Waals surface area contributed by atoms with Crippen molar-refractivity contribution >= 4 is 58.5 Å². The third-order valence-electron chi connectivity index (χ3n) is 9.76. The van der Waals surface area contributed by atoms with Crippen molar-refractivity contribution in [3.8, 4) is 33.4 Å². The highest BCUT2D eigenvalue weighted by Crippen LogP contribution is 2.32. The fourth-order valence-corrected chi connectivity index (χ4v) is 7.68. The Morgan fingerprint density at radius 3 is 1.51 bits per heavy atom. The summed E-state index contributed by atoms with van der Waals surface area (Å²) >= 11 is 2.34. The molecule has 4 heterocycles. The summed E-state index contributed by atoms with van der Waals surface area (Å²) in [5.74, 6) is -2.11. The number of methoxy groups -OCH3 is 2. The normalized spacial score (nSPS) is 11.0. The number of hydrogen-bond acceptors (Lipinski definition) is 19. The summed E-state index contributed by atoms with van der Waals surface area (Å²) in [6.07, 6.45) is 11.3. The predicted octanol–water partition coefficient (Wildman–Crippen LogP) is 10.6. The molecule has 17 nitrogen and oxygen atoms in total. The molecular formula is C52H50F2N2O15S2. The SMILES string of the molecule is CCC(=O)c1c(O)cc(CCC/C=C/C(=O)OC)oc1=O.COC(=O)/C=C/CCCc1cc(O)c(C(=O)/C(C)=C/c2sc(Oc3ccc(F)cc3)nc2C)c(=O)o1.Cc1nc(Oc2ccc(F)cc2)sc1C=O. The maximum atomic E-state index is 13.1. The van der Waals surface area contributed by atoms with Gasteiger partial charge in [-0.05, 0) is 107 Å². The number of nitrogens with zero attached hydrogens (tertiary/aromatic N) is 2. The second kappa shape index (κ2) is 28.6. The van der Waals surface area contributed by atoms with E-state index >= 15 is 0 Å². The van der Waals surface area contributed by atoms with Crippen LogP contribution in [0.2, 0.25) is 0 Å². The Morgan fingerprint density at radius 1 is 0.685 bits per heavy atom. The number of Topliss-reactive ketones (excluding diaryl/α,β-unsaturated/α-hetero) is 2. The van der Waals surface area contributed by atoms with Crippen molar-refractivity contribution in [3.63, 3.8) is 0 Å². The van der Waals surface area contributed by atoms with Gasteiger partial charge in [-0.3, -0.25) is 14.4 Å². The molecular weight excluding hydrogens is 995 g/mol. The van der Waals surface area contributed by atoms with Gasteiger partial charge in [0.25, 0.3) is 10.4 Å². The molecule has 0 unspecified atom stereocenters. The minimum atomic E-state index is -0.936. The zero-order valence-electron chi connectivity index (χ0n) is 40.4. The summed E-state index contributed by atoms with van der Waals surface area (Å²) in [4.78, 5) is 90.5. The molecule has 4 aromatic heterocycles. The Bertz CT molecular complexity index is 3100. The van der Waals surface area contributed by atoms with Crippen LogP contribution in [0.3, 0.4) is 0 Å². The van der Waals surface area contributed by atoms with Crippen molar-refractivity contribution in [2.75, 3.05) is 14.2 Å². The summed E-state index contributed by atoms with van der Waals surface area (Å²) < 4.78 is 55.9. The Kier molecular flexibility index (Phi) is 22.5. The van der Waals surface area contributed by atoms with E-state index in [1.54, 1.807) is 39.0 Å². The number of carbonyl (C=O) groups is 5. The predicted molar refractivity (Wildman–Crippen MR) is 266 cm³/mol. The van der Waals surface area contributed by atoms with E-state index in [9.17, 15) is 52.6 Å². The van der Waals surface area contributed by atoms with Crippen molar-refractivity contribution in [2.45, 2.75) is 72.6 Å². The number of ketones is 2. The highest BCUT2D eigenvalue weighted by molar-refractivity contribution is 7.15. The average Bonchev–Trinajstić information content (AvgIpc) is 3.90. The van der Waals surface area contributed by atoms with Crippen LogP contribution >= 0.6 is 22.7 Å². The summed E-state index contributed by atoms with van der Waals surface area (Å²) in [6, 6.07) is 13.6. The van der Waals surface area contributed by atoms with Gasteiger partial charge in [0.2, 0.25) is 0 Å². The van der Waals surface area contributed by atoms with Gasteiger partial charge in [-0.1, -0.05) is 41.7 Å². The molecule has 0 aliphatic rings. The van der Waals surface area contributed by atoms with E-state index in [4.69, 9.17) is 18.3 Å². The number of esters is 2. The number of thiazole rings is 2. The van der Waals surface area contributed by atoms with Crippen molar-refractivity contribution in [3.05, 3.63) is 167 Å². The monoisotopic (exact) mass is 1040 g/mol. The largest absolute Gasteiger partial charge is 0.507 e. The topological polar surface area (TPSA) is 249 Å². The van der Waals surface area contributed by atoms with Gasteiger partial charge in [0.15, 0.2) is 17.9 Å². The van der Waals surface area contributed by atoms with E-state index in [1.807, 2.05) is 0 Å². The lowest BCUT2D eigenvalue weighted by atomic mass is 10.0. The molecule has 0 radical (unpaired) electrons. The number of aldehydes is 1. The van der Waals surface area contributed by atoms with Crippen LogP contribution in [0.1, 0.15) is 104 Å². The van der Waals surface area contributed by atoms with Gasteiger partial charge >= 0.3 is 23.2 Å². The van der Waals surface area contributed by atoms with Crippen molar-refractivity contribution in [1.29, 1.82) is 0 Å². The van der Waals surface area contributed by atoms with Crippen LogP contribution in [-0.4, -0.2) is 64.2 Å². The van der Waals surface area contributed by atoms with E-state index in [2.05, 4.69) is 19.4 Å². The van der Waals surface area contributed by atoms with Gasteiger partial charge in [-0.2, -0.15) is 0 Å². The molecule has 0 aliphatic carbocycles. The average molecular weight is 1050 g/mol. The van der Waals surface area contributed by atoms with E-state index < -0.39 is 46.1 Å². The van der Waals surface area contributed by atoms with Crippen molar-refractivity contribution in [1.82, 2.24) is 9.97 Å². The molecule has 0 saturated carbocycles. The molecule has 2 N–H and O–H groups in total. The standard InChI is InChI=1S/C26H24FNO7S.C15H18O6.C11H8FNO2S/c1-15(13-21-16(2)28-26(36-21)35-18-11-9-17(27)10-12-18)24(31)23-20(29)14-19(34-25(23)32)7-5-4-6-8-22(30)33-3;1-3-11(16)14-12(17)9-10(21-15(14)19)7-5-4-6-8-13(18)20-2;1-7-10(6-14)16-11(13-7)15-9-4-2-8(12)3-5-9/h6,8-14,29H,4-5,7H2,1-3H3;6,8-9,17H,3-5,7H2,1-2H3;2-6H,1H3/b8-6+,15-13+;8-6+;. The van der Waals surface area contributed by atoms with Crippen LogP contribution in [0.25, 0.3) is 6.08 Å². The van der Waals surface area contributed by atoms with Gasteiger partial charge < -0.3 is 38.0 Å².